The van der Waals surface area contributed by atoms with Crippen LogP contribution in [0.3, 0.4) is 0 Å². The molecule has 0 bridgehead atoms. The molecule has 0 aliphatic carbocycles. The molecular weight excluding hydrogens is 490 g/mol. The smallest absolute Gasteiger partial charge is 0.264 e. The van der Waals surface area contributed by atoms with Gasteiger partial charge in [0.1, 0.15) is 18.0 Å². The molecule has 4 aromatic carbocycles. The lowest BCUT2D eigenvalue weighted by Gasteiger charge is -2.25. The molecule has 8 nitrogen and oxygen atoms in total. The number of ether oxygens (including phenoxy) is 2. The van der Waals surface area contributed by atoms with Crippen LogP contribution in [0.4, 0.5) is 5.69 Å². The molecule has 37 heavy (non-hydrogen) atoms. The summed E-state index contributed by atoms with van der Waals surface area (Å²) in [5, 5.41) is 6.10. The third kappa shape index (κ3) is 5.73. The van der Waals surface area contributed by atoms with Gasteiger partial charge in [-0.3, -0.25) is 9.10 Å². The Labute approximate surface area is 216 Å². The van der Waals surface area contributed by atoms with Gasteiger partial charge in [-0.25, -0.2) is 13.8 Å². The molecule has 1 amide bonds. The number of hydrazone groups is 1. The van der Waals surface area contributed by atoms with Crippen LogP contribution in [0.25, 0.3) is 10.8 Å². The maximum absolute atomic E-state index is 13.7. The molecule has 0 saturated heterocycles. The van der Waals surface area contributed by atoms with Crippen molar-refractivity contribution in [1.29, 1.82) is 0 Å². The first-order chi connectivity index (χ1) is 17.8. The van der Waals surface area contributed by atoms with Gasteiger partial charge in [0, 0.05) is 11.6 Å². The van der Waals surface area contributed by atoms with Gasteiger partial charge in [0.25, 0.3) is 15.9 Å². The number of rotatable bonds is 9. The summed E-state index contributed by atoms with van der Waals surface area (Å²) in [5.41, 5.74) is 4.37. The zero-order valence-corrected chi connectivity index (χ0v) is 21.5. The molecule has 4 aromatic rings. The van der Waals surface area contributed by atoms with Gasteiger partial charge in [-0.1, -0.05) is 60.2 Å². The summed E-state index contributed by atoms with van der Waals surface area (Å²) in [6, 6.07) is 24.7. The highest BCUT2D eigenvalue weighted by Crippen LogP contribution is 2.35. The lowest BCUT2D eigenvalue weighted by molar-refractivity contribution is -0.119. The summed E-state index contributed by atoms with van der Waals surface area (Å²) in [5.74, 6) is 0.101. The summed E-state index contributed by atoms with van der Waals surface area (Å²) in [6.45, 7) is 1.34. The number of amides is 1. The molecule has 0 spiro atoms. The Morgan fingerprint density at radius 1 is 0.946 bits per heavy atom. The zero-order valence-electron chi connectivity index (χ0n) is 20.7. The van der Waals surface area contributed by atoms with Crippen molar-refractivity contribution in [3.8, 4) is 11.5 Å². The summed E-state index contributed by atoms with van der Waals surface area (Å²) in [7, 11) is -1.21. The molecule has 190 valence electrons. The molecule has 9 heteroatoms. The van der Waals surface area contributed by atoms with Crippen LogP contribution in [0.15, 0.2) is 94.9 Å². The number of sulfonamides is 1. The third-order valence-electron chi connectivity index (χ3n) is 5.77. The largest absolute Gasteiger partial charge is 0.497 e. The molecular formula is C28H27N3O5S. The molecule has 0 saturated carbocycles. The molecule has 0 aliphatic heterocycles. The number of hydrogen-bond donors (Lipinski definition) is 1. The summed E-state index contributed by atoms with van der Waals surface area (Å²) < 4.78 is 39.0. The normalized spacial score (nSPS) is 11.4. The minimum atomic E-state index is -4.12. The van der Waals surface area contributed by atoms with Crippen molar-refractivity contribution in [2.45, 2.75) is 11.8 Å². The fraction of sp³-hybridized carbons (Fsp3) is 0.143. The van der Waals surface area contributed by atoms with E-state index >= 15 is 0 Å². The minimum absolute atomic E-state index is 0.0445. The first kappa shape index (κ1) is 25.7. The second-order valence-corrected chi connectivity index (χ2v) is 10.1. The van der Waals surface area contributed by atoms with Crippen LogP contribution in [-0.4, -0.2) is 41.3 Å². The molecule has 0 radical (unpaired) electrons. The first-order valence-electron chi connectivity index (χ1n) is 11.4. The topological polar surface area (TPSA) is 97.3 Å². The zero-order chi connectivity index (χ0) is 26.4. The van der Waals surface area contributed by atoms with E-state index in [9.17, 15) is 13.2 Å². The average Bonchev–Trinajstić information content (AvgIpc) is 2.91. The van der Waals surface area contributed by atoms with Crippen molar-refractivity contribution in [2.24, 2.45) is 5.10 Å². The van der Waals surface area contributed by atoms with Crippen molar-refractivity contribution in [3.05, 3.63) is 96.1 Å². The second-order valence-electron chi connectivity index (χ2n) is 8.22. The van der Waals surface area contributed by atoms with Crippen LogP contribution in [0.1, 0.15) is 11.1 Å². The van der Waals surface area contributed by atoms with E-state index in [1.807, 2.05) is 49.4 Å². The van der Waals surface area contributed by atoms with Gasteiger partial charge in [0.2, 0.25) is 0 Å². The molecule has 0 fully saturated rings. The molecule has 0 heterocycles. The fourth-order valence-corrected chi connectivity index (χ4v) is 5.26. The Balaban J connectivity index is 1.64. The summed E-state index contributed by atoms with van der Waals surface area (Å²) in [4.78, 5) is 13.0. The van der Waals surface area contributed by atoms with Crippen molar-refractivity contribution >= 4 is 38.6 Å². The van der Waals surface area contributed by atoms with E-state index in [1.165, 1.54) is 38.6 Å². The Hall–Kier alpha value is -4.37. The standard InChI is InChI=1S/C28H27N3O5S/c1-20-11-14-24(15-12-20)37(33,34)31(26-16-13-23(35-2)17-27(26)36-3)19-28(32)30-29-18-22-9-6-8-21-7-4-5-10-25(21)22/h4-18H,19H2,1-3H3,(H,30,32)/b29-18-. The van der Waals surface area contributed by atoms with Crippen LogP contribution < -0.4 is 19.2 Å². The Morgan fingerprint density at radius 2 is 1.68 bits per heavy atom. The second kappa shape index (κ2) is 11.1. The van der Waals surface area contributed by atoms with E-state index in [0.29, 0.717) is 5.75 Å². The number of methoxy groups -OCH3 is 2. The molecule has 0 unspecified atom stereocenters. The predicted octanol–water partition coefficient (Wildman–Crippen LogP) is 4.51. The summed E-state index contributed by atoms with van der Waals surface area (Å²) >= 11 is 0. The molecule has 0 atom stereocenters. The van der Waals surface area contributed by atoms with Crippen LogP contribution in [0.2, 0.25) is 0 Å². The van der Waals surface area contributed by atoms with E-state index < -0.39 is 22.5 Å². The van der Waals surface area contributed by atoms with Crippen molar-refractivity contribution < 1.29 is 22.7 Å². The maximum atomic E-state index is 13.7. The molecule has 0 aliphatic rings. The van der Waals surface area contributed by atoms with E-state index in [4.69, 9.17) is 9.47 Å². The van der Waals surface area contributed by atoms with Crippen molar-refractivity contribution in [1.82, 2.24) is 5.43 Å². The van der Waals surface area contributed by atoms with Crippen molar-refractivity contribution in [2.75, 3.05) is 25.1 Å². The van der Waals surface area contributed by atoms with Gasteiger partial charge < -0.3 is 9.47 Å². The van der Waals surface area contributed by atoms with Gasteiger partial charge in [0.15, 0.2) is 0 Å². The van der Waals surface area contributed by atoms with E-state index in [0.717, 1.165) is 26.2 Å². The lowest BCUT2D eigenvalue weighted by Crippen LogP contribution is -2.39. The average molecular weight is 518 g/mol. The molecule has 0 aromatic heterocycles. The van der Waals surface area contributed by atoms with Crippen molar-refractivity contribution in [3.63, 3.8) is 0 Å². The van der Waals surface area contributed by atoms with Gasteiger partial charge in [-0.2, -0.15) is 5.10 Å². The van der Waals surface area contributed by atoms with Gasteiger partial charge in [0.05, 0.1) is 31.0 Å². The Morgan fingerprint density at radius 3 is 2.41 bits per heavy atom. The molecule has 4 rings (SSSR count). The highest BCUT2D eigenvalue weighted by atomic mass is 32.2. The summed E-state index contributed by atoms with van der Waals surface area (Å²) in [6.07, 6.45) is 1.53. The van der Waals surface area contributed by atoms with E-state index in [1.54, 1.807) is 24.3 Å². The first-order valence-corrected chi connectivity index (χ1v) is 12.9. The molecule has 1 N–H and O–H groups in total. The number of fused-ring (bicyclic) bond motifs is 1. The van der Waals surface area contributed by atoms with E-state index in [2.05, 4.69) is 10.5 Å². The number of hydrogen-bond acceptors (Lipinski definition) is 6. The van der Waals surface area contributed by atoms with Crippen LogP contribution in [0.5, 0.6) is 11.5 Å². The number of carbonyl (C=O) groups is 1. The highest BCUT2D eigenvalue weighted by Gasteiger charge is 2.29. The minimum Gasteiger partial charge on any atom is -0.497 e. The monoisotopic (exact) mass is 517 g/mol. The van der Waals surface area contributed by atoms with Gasteiger partial charge >= 0.3 is 0 Å². The predicted molar refractivity (Wildman–Crippen MR) is 145 cm³/mol. The van der Waals surface area contributed by atoms with E-state index in [-0.39, 0.29) is 16.3 Å². The van der Waals surface area contributed by atoms with Gasteiger partial charge in [-0.05, 0) is 42.0 Å². The number of benzene rings is 4. The number of aryl methyl sites for hydroxylation is 1. The number of nitrogens with zero attached hydrogens (tertiary/aromatic N) is 2. The quantitative estimate of drug-likeness (QED) is 0.260. The number of nitrogens with one attached hydrogen (secondary N) is 1. The van der Waals surface area contributed by atoms with Crippen LogP contribution >= 0.6 is 0 Å². The van der Waals surface area contributed by atoms with Crippen LogP contribution in [-0.2, 0) is 14.8 Å². The fourth-order valence-electron chi connectivity index (χ4n) is 3.83. The maximum Gasteiger partial charge on any atom is 0.264 e. The lowest BCUT2D eigenvalue weighted by atomic mass is 10.1. The number of anilines is 1. The third-order valence-corrected chi connectivity index (χ3v) is 7.54. The Bertz CT molecular complexity index is 1540. The Kier molecular flexibility index (Phi) is 7.74. The SMILES string of the molecule is COc1ccc(N(CC(=O)N/N=C\c2cccc3ccccc23)S(=O)(=O)c2ccc(C)cc2)c(OC)c1. The highest BCUT2D eigenvalue weighted by molar-refractivity contribution is 7.92. The number of carbonyl (C=O) groups excluding carboxylic acids is 1. The van der Waals surface area contributed by atoms with Crippen LogP contribution in [0, 0.1) is 6.92 Å². The van der Waals surface area contributed by atoms with Gasteiger partial charge in [-0.15, -0.1) is 0 Å².